The molecule has 1 atom stereocenters. The summed E-state index contributed by atoms with van der Waals surface area (Å²) in [6.07, 6.45) is 3.27. The highest BCUT2D eigenvalue weighted by atomic mass is 28.3. The second-order valence-corrected chi connectivity index (χ2v) is 17.1. The Morgan fingerprint density at radius 1 is 1.14 bits per heavy atom. The van der Waals surface area contributed by atoms with E-state index >= 15 is 0 Å². The van der Waals surface area contributed by atoms with Crippen LogP contribution in [0.5, 0.6) is 17.2 Å². The molecule has 3 aromatic rings. The van der Waals surface area contributed by atoms with Crippen molar-refractivity contribution in [2.24, 2.45) is 5.92 Å². The number of nitrogens with one attached hydrogen (secondary N) is 1. The number of rotatable bonds is 12. The molecule has 0 unspecified atom stereocenters. The molecule has 0 bridgehead atoms. The molecule has 13 heteroatoms. The van der Waals surface area contributed by atoms with E-state index in [1.165, 1.54) is 21.3 Å². The normalized spacial score (nSPS) is 14.2. The number of amides is 2. The molecule has 1 aliphatic rings. The lowest BCUT2D eigenvalue weighted by Gasteiger charge is -2.37. The zero-order chi connectivity index (χ0) is 30.6. The van der Waals surface area contributed by atoms with Gasteiger partial charge < -0.3 is 33.7 Å². The number of nitrogens with zero attached hydrogens (tertiary/aromatic N) is 5. The van der Waals surface area contributed by atoms with Crippen LogP contribution in [0.2, 0.25) is 25.7 Å². The van der Waals surface area contributed by atoms with E-state index in [1.54, 1.807) is 40.9 Å². The van der Waals surface area contributed by atoms with E-state index < -0.39 is 20.0 Å². The Labute approximate surface area is 246 Å². The van der Waals surface area contributed by atoms with Gasteiger partial charge in [0.05, 0.1) is 50.8 Å². The molecule has 2 amide bonds. The molecule has 0 saturated carbocycles. The number of carbonyl (C=O) groups is 2. The van der Waals surface area contributed by atoms with Crippen LogP contribution in [-0.2, 0) is 16.3 Å². The van der Waals surface area contributed by atoms with Gasteiger partial charge in [0, 0.05) is 39.5 Å². The lowest BCUT2D eigenvalue weighted by molar-refractivity contribution is -0.137. The van der Waals surface area contributed by atoms with Crippen LogP contribution in [0.3, 0.4) is 0 Å². The summed E-state index contributed by atoms with van der Waals surface area (Å²) in [4.78, 5) is 37.4. The van der Waals surface area contributed by atoms with Gasteiger partial charge in [0.15, 0.2) is 17.1 Å². The van der Waals surface area contributed by atoms with E-state index in [4.69, 9.17) is 29.2 Å². The summed E-state index contributed by atoms with van der Waals surface area (Å²) in [6, 6.07) is 5.89. The fourth-order valence-electron chi connectivity index (χ4n) is 4.58. The molecule has 1 fully saturated rings. The maximum atomic E-state index is 13.5. The van der Waals surface area contributed by atoms with Crippen molar-refractivity contribution in [3.63, 3.8) is 0 Å². The highest BCUT2D eigenvalue weighted by Crippen LogP contribution is 2.41. The summed E-state index contributed by atoms with van der Waals surface area (Å²) in [6.45, 7) is 10.0. The zero-order valence-corrected chi connectivity index (χ0v) is 26.2. The first-order chi connectivity index (χ1) is 20.0. The number of fused-ring (bicyclic) bond motifs is 1. The van der Waals surface area contributed by atoms with Gasteiger partial charge in [-0.25, -0.2) is 9.97 Å². The van der Waals surface area contributed by atoms with Crippen LogP contribution < -0.4 is 19.5 Å². The minimum Gasteiger partial charge on any atom is -0.493 e. The van der Waals surface area contributed by atoms with Crippen LogP contribution in [0, 0.1) is 17.2 Å². The van der Waals surface area contributed by atoms with Gasteiger partial charge in [-0.05, 0) is 25.1 Å². The fourth-order valence-corrected chi connectivity index (χ4v) is 5.33. The number of aromatic nitrogens is 3. The van der Waals surface area contributed by atoms with Crippen LogP contribution in [-0.4, -0.2) is 86.4 Å². The molecule has 224 valence electrons. The smallest absolute Gasteiger partial charge is 0.255 e. The van der Waals surface area contributed by atoms with E-state index in [2.05, 4.69) is 36.0 Å². The Morgan fingerprint density at radius 2 is 1.81 bits per heavy atom. The van der Waals surface area contributed by atoms with E-state index in [1.807, 2.05) is 0 Å². The molecule has 1 aromatic carbocycles. The Balaban J connectivity index is 1.67. The summed E-state index contributed by atoms with van der Waals surface area (Å²) in [5.41, 5.74) is 2.24. The van der Waals surface area contributed by atoms with Gasteiger partial charge in [-0.3, -0.25) is 9.59 Å². The minimum atomic E-state index is -1.28. The maximum absolute atomic E-state index is 13.5. The lowest BCUT2D eigenvalue weighted by Crippen LogP contribution is -2.55. The largest absolute Gasteiger partial charge is 0.493 e. The molecule has 1 aliphatic heterocycles. The van der Waals surface area contributed by atoms with Crippen molar-refractivity contribution in [1.29, 1.82) is 5.26 Å². The number of benzene rings is 1. The van der Waals surface area contributed by atoms with Gasteiger partial charge in [0.2, 0.25) is 11.7 Å². The monoisotopic (exact) mass is 594 g/mol. The third-order valence-electron chi connectivity index (χ3n) is 7.09. The average molecular weight is 595 g/mol. The summed E-state index contributed by atoms with van der Waals surface area (Å²) < 4.78 is 24.1. The van der Waals surface area contributed by atoms with Gasteiger partial charge in [-0.1, -0.05) is 19.6 Å². The van der Waals surface area contributed by atoms with E-state index in [0.29, 0.717) is 59.4 Å². The summed E-state index contributed by atoms with van der Waals surface area (Å²) in [7, 11) is 3.31. The molecule has 1 saturated heterocycles. The number of ether oxygens (including phenoxy) is 4. The fraction of sp³-hybridized carbons (Fsp3) is 0.483. The van der Waals surface area contributed by atoms with Crippen LogP contribution in [0.4, 0.5) is 0 Å². The first kappa shape index (κ1) is 30.8. The van der Waals surface area contributed by atoms with Gasteiger partial charge in [-0.15, -0.1) is 0 Å². The highest BCUT2D eigenvalue weighted by molar-refractivity contribution is 6.76. The second kappa shape index (κ2) is 12.8. The Hall–Kier alpha value is -4.15. The molecular weight excluding hydrogens is 556 g/mol. The van der Waals surface area contributed by atoms with Gasteiger partial charge in [0.1, 0.15) is 18.3 Å². The third kappa shape index (κ3) is 6.66. The van der Waals surface area contributed by atoms with Crippen LogP contribution in [0.1, 0.15) is 17.3 Å². The third-order valence-corrected chi connectivity index (χ3v) is 8.80. The Morgan fingerprint density at radius 3 is 2.38 bits per heavy atom. The quantitative estimate of drug-likeness (QED) is 0.246. The lowest BCUT2D eigenvalue weighted by atomic mass is 10.0. The van der Waals surface area contributed by atoms with E-state index in [9.17, 15) is 9.59 Å². The number of carbonyl (C=O) groups excluding carboxylic acids is 2. The first-order valence-corrected chi connectivity index (χ1v) is 17.4. The van der Waals surface area contributed by atoms with Crippen molar-refractivity contribution in [2.75, 3.05) is 41.0 Å². The molecule has 0 aliphatic carbocycles. The molecule has 2 aromatic heterocycles. The predicted molar refractivity (Wildman–Crippen MR) is 159 cm³/mol. The number of methoxy groups -OCH3 is 3. The minimum absolute atomic E-state index is 0.167. The summed E-state index contributed by atoms with van der Waals surface area (Å²) >= 11 is 0. The summed E-state index contributed by atoms with van der Waals surface area (Å²) in [5.74, 6) is 0.489. The number of likely N-dealkylation sites (tertiary alicyclic amines) is 1. The van der Waals surface area contributed by atoms with Crippen molar-refractivity contribution >= 4 is 31.1 Å². The first-order valence-electron chi connectivity index (χ1n) is 13.7. The molecule has 4 rings (SSSR count). The molecular formula is C29H38N6O6Si. The zero-order valence-electron chi connectivity index (χ0n) is 25.2. The van der Waals surface area contributed by atoms with E-state index in [0.717, 1.165) is 6.04 Å². The maximum Gasteiger partial charge on any atom is 0.255 e. The predicted octanol–water partition coefficient (Wildman–Crippen LogP) is 3.54. The Kier molecular flexibility index (Phi) is 9.38. The molecule has 42 heavy (non-hydrogen) atoms. The number of hydrogen-bond donors (Lipinski definition) is 1. The molecule has 0 radical (unpaired) electrons. The van der Waals surface area contributed by atoms with Gasteiger partial charge in [0.25, 0.3) is 5.91 Å². The van der Waals surface area contributed by atoms with Crippen LogP contribution in [0.25, 0.3) is 22.4 Å². The molecule has 3 heterocycles. The van der Waals surface area contributed by atoms with Crippen molar-refractivity contribution in [1.82, 2.24) is 24.8 Å². The molecule has 0 spiro atoms. The van der Waals surface area contributed by atoms with Crippen molar-refractivity contribution in [2.45, 2.75) is 45.4 Å². The topological polar surface area (TPSA) is 141 Å². The summed E-state index contributed by atoms with van der Waals surface area (Å²) in [5, 5.41) is 11.8. The van der Waals surface area contributed by atoms with Crippen LogP contribution >= 0.6 is 0 Å². The molecule has 1 N–H and O–H groups in total. The second-order valence-electron chi connectivity index (χ2n) is 11.5. The van der Waals surface area contributed by atoms with E-state index in [-0.39, 0.29) is 24.1 Å². The SMILES string of the molecule is COc1cc(-c2cnc3c(n2)c(C(=O)N[C@H](C)C(=O)N2CC(C#N)C2)cn3COCC[Si](C)(C)C)cc(OC)c1OC. The van der Waals surface area contributed by atoms with Crippen molar-refractivity contribution in [3.05, 3.63) is 30.1 Å². The van der Waals surface area contributed by atoms with Crippen molar-refractivity contribution in [3.8, 4) is 34.6 Å². The van der Waals surface area contributed by atoms with Gasteiger partial charge >= 0.3 is 0 Å². The Bertz CT molecular complexity index is 1480. The molecule has 12 nitrogen and oxygen atoms in total. The van der Waals surface area contributed by atoms with Crippen molar-refractivity contribution < 1.29 is 28.5 Å². The average Bonchev–Trinajstić information content (AvgIpc) is 3.31. The number of hydrogen-bond acceptors (Lipinski definition) is 9. The highest BCUT2D eigenvalue weighted by Gasteiger charge is 2.34. The number of nitriles is 1. The van der Waals surface area contributed by atoms with Crippen LogP contribution in [0.15, 0.2) is 24.5 Å². The van der Waals surface area contributed by atoms with Gasteiger partial charge in [-0.2, -0.15) is 5.26 Å². The standard InChI is InChI=1S/C29H38N6O6Si/c1-18(29(37)34-14-19(12-30)15-34)32-28(36)21-16-35(17-41-8-9-42(5,6)7)27-25(21)33-22(13-31-27)20-10-23(38-2)26(40-4)24(11-20)39-3/h10-11,13,16,18-19H,8-9,14-15,17H2,1-7H3,(H,32,36)/t18-/m1/s1.